The van der Waals surface area contributed by atoms with Crippen LogP contribution < -0.4 is 20.1 Å². The largest absolute Gasteiger partial charge is 0.454 e. The van der Waals surface area contributed by atoms with Gasteiger partial charge in [-0.25, -0.2) is 13.2 Å². The Bertz CT molecular complexity index is 1330. The van der Waals surface area contributed by atoms with Gasteiger partial charge in [-0.05, 0) is 63.3 Å². The van der Waals surface area contributed by atoms with Gasteiger partial charge in [-0.15, -0.1) is 12.8 Å². The number of sulfonamides is 1. The second kappa shape index (κ2) is 19.2. The van der Waals surface area contributed by atoms with Crippen molar-refractivity contribution >= 4 is 33.8 Å². The second-order valence-corrected chi connectivity index (χ2v) is 14.2. The van der Waals surface area contributed by atoms with Gasteiger partial charge < -0.3 is 30.0 Å². The fraction of sp³-hybridized carbons (Fsp3) is 0.500. The molecule has 0 spiro atoms. The van der Waals surface area contributed by atoms with Crippen LogP contribution in [0, 0.1) is 18.8 Å². The predicted molar refractivity (Wildman–Crippen MR) is 178 cm³/mol. The van der Waals surface area contributed by atoms with E-state index in [2.05, 4.69) is 23.5 Å². The first-order chi connectivity index (χ1) is 21.2. The zero-order chi connectivity index (χ0) is 34.2. The van der Waals surface area contributed by atoms with E-state index in [1.165, 1.54) is 22.5 Å². The lowest BCUT2D eigenvalue weighted by atomic mass is 10.0. The summed E-state index contributed by atoms with van der Waals surface area (Å²) in [5, 5.41) is 16.5. The van der Waals surface area contributed by atoms with Gasteiger partial charge in [0.1, 0.15) is 12.1 Å². The van der Waals surface area contributed by atoms with Gasteiger partial charge in [0.15, 0.2) is 11.5 Å². The molecule has 250 valence electrons. The van der Waals surface area contributed by atoms with Crippen molar-refractivity contribution in [1.82, 2.24) is 14.9 Å². The van der Waals surface area contributed by atoms with E-state index in [-0.39, 0.29) is 43.7 Å². The molecular formula is C32H47N3O8S2. The Kier molecular flexibility index (Phi) is 16.9. The standard InChI is InChI=1S/C28H39N3O8S.C2H6S.C2H2/c1-19(2)16-31(40(35,36)21-11-12-24-25(14-21)38-18-37-24)17-23(32)22(13-20-9-7-6-8-10-20)30-26(33)15-29-27(34)39-28(3,4)5;1-3-2;1-2/h6-12,14,19,22-23,32H,13,15-18H2,1-5H3,(H,29,34)(H,30,33);1-2H3;1-2H/t22-,23+;;/m0../s1. The Balaban J connectivity index is 0.00000191. The van der Waals surface area contributed by atoms with E-state index in [1.807, 2.05) is 56.7 Å². The minimum atomic E-state index is -4.03. The van der Waals surface area contributed by atoms with E-state index in [4.69, 9.17) is 14.2 Å². The van der Waals surface area contributed by atoms with Crippen LogP contribution in [0.15, 0.2) is 53.4 Å². The number of hydrogen-bond acceptors (Lipinski definition) is 9. The average Bonchev–Trinajstić information content (AvgIpc) is 3.44. The Morgan fingerprint density at radius 2 is 1.64 bits per heavy atom. The minimum absolute atomic E-state index is 0.00908. The van der Waals surface area contributed by atoms with Gasteiger partial charge >= 0.3 is 6.09 Å². The van der Waals surface area contributed by atoms with Gasteiger partial charge in [0, 0.05) is 19.2 Å². The Morgan fingerprint density at radius 1 is 1.04 bits per heavy atom. The molecule has 1 aliphatic heterocycles. The summed E-state index contributed by atoms with van der Waals surface area (Å²) >= 11 is 1.75. The molecule has 0 unspecified atom stereocenters. The molecule has 1 heterocycles. The molecule has 0 fully saturated rings. The number of ether oxygens (including phenoxy) is 3. The summed E-state index contributed by atoms with van der Waals surface area (Å²) in [5.74, 6) is 0.189. The summed E-state index contributed by atoms with van der Waals surface area (Å²) < 4.78 is 44.4. The molecular weight excluding hydrogens is 618 g/mol. The second-order valence-electron chi connectivity index (χ2n) is 11.4. The van der Waals surface area contributed by atoms with Gasteiger partial charge in [0.25, 0.3) is 0 Å². The maximum absolute atomic E-state index is 13.7. The smallest absolute Gasteiger partial charge is 0.408 e. The molecule has 0 saturated carbocycles. The number of carbonyl (C=O) groups is 2. The molecule has 2 aromatic carbocycles. The molecule has 2 aromatic rings. The first-order valence-electron chi connectivity index (χ1n) is 14.3. The SMILES string of the molecule is C#C.CC(C)CN(C[C@@H](O)[C@H](Cc1ccccc1)NC(=O)CNC(=O)OC(C)(C)C)S(=O)(=O)c1ccc2c(c1)OCO2.CSC. The number of aliphatic hydroxyl groups excluding tert-OH is 1. The summed E-state index contributed by atoms with van der Waals surface area (Å²) in [6, 6.07) is 12.7. The van der Waals surface area contributed by atoms with Crippen LogP contribution in [-0.4, -0.2) is 86.5 Å². The topological polar surface area (TPSA) is 143 Å². The highest BCUT2D eigenvalue weighted by Gasteiger charge is 2.32. The maximum atomic E-state index is 13.7. The minimum Gasteiger partial charge on any atom is -0.454 e. The van der Waals surface area contributed by atoms with Gasteiger partial charge in [0.2, 0.25) is 22.7 Å². The molecule has 0 saturated heterocycles. The first kappa shape index (κ1) is 39.6. The van der Waals surface area contributed by atoms with Crippen LogP contribution in [0.4, 0.5) is 4.79 Å². The highest BCUT2D eigenvalue weighted by atomic mass is 32.2. The zero-order valence-electron chi connectivity index (χ0n) is 27.1. The lowest BCUT2D eigenvalue weighted by molar-refractivity contribution is -0.121. The third-order valence-corrected chi connectivity index (χ3v) is 7.67. The Labute approximate surface area is 272 Å². The number of nitrogens with one attached hydrogen (secondary N) is 2. The van der Waals surface area contributed by atoms with Crippen LogP contribution in [0.5, 0.6) is 11.5 Å². The molecule has 0 aliphatic carbocycles. The number of alkyl carbamates (subject to hydrolysis) is 1. The Morgan fingerprint density at radius 3 is 2.22 bits per heavy atom. The van der Waals surface area contributed by atoms with Crippen molar-refractivity contribution in [3.8, 4) is 24.3 Å². The monoisotopic (exact) mass is 665 g/mol. The number of amides is 2. The molecule has 1 aliphatic rings. The number of rotatable bonds is 12. The van der Waals surface area contributed by atoms with Crippen molar-refractivity contribution in [3.05, 3.63) is 54.1 Å². The summed E-state index contributed by atoms with van der Waals surface area (Å²) in [4.78, 5) is 24.8. The van der Waals surface area contributed by atoms with Gasteiger partial charge in [0.05, 0.1) is 17.0 Å². The third kappa shape index (κ3) is 14.0. The fourth-order valence-corrected chi connectivity index (χ4v) is 5.71. The highest BCUT2D eigenvalue weighted by Crippen LogP contribution is 2.34. The summed E-state index contributed by atoms with van der Waals surface area (Å²) in [6.45, 7) is 8.37. The quantitative estimate of drug-likeness (QED) is 0.288. The Hall–Kier alpha value is -3.44. The van der Waals surface area contributed by atoms with Crippen molar-refractivity contribution in [3.63, 3.8) is 0 Å². The lowest BCUT2D eigenvalue weighted by Gasteiger charge is -2.31. The van der Waals surface area contributed by atoms with E-state index in [0.717, 1.165) is 5.56 Å². The van der Waals surface area contributed by atoms with Crippen LogP contribution in [0.1, 0.15) is 40.2 Å². The molecule has 13 heteroatoms. The first-order valence-corrected chi connectivity index (χ1v) is 17.3. The van der Waals surface area contributed by atoms with Crippen molar-refractivity contribution in [2.24, 2.45) is 5.92 Å². The van der Waals surface area contributed by atoms with Crippen molar-refractivity contribution in [2.45, 2.75) is 63.7 Å². The number of fused-ring (bicyclic) bond motifs is 1. The fourth-order valence-electron chi connectivity index (χ4n) is 4.08. The number of aliphatic hydroxyl groups is 1. The normalized spacial score (nSPS) is 13.4. The van der Waals surface area contributed by atoms with Crippen LogP contribution in [0.25, 0.3) is 0 Å². The van der Waals surface area contributed by atoms with Crippen LogP contribution in [0.3, 0.4) is 0 Å². The number of carbonyl (C=O) groups excluding carboxylic acids is 2. The molecule has 3 N–H and O–H groups in total. The number of thioether (sulfide) groups is 1. The van der Waals surface area contributed by atoms with Crippen molar-refractivity contribution < 1.29 is 37.3 Å². The van der Waals surface area contributed by atoms with Crippen LogP contribution >= 0.6 is 11.8 Å². The van der Waals surface area contributed by atoms with Crippen LogP contribution in [0.2, 0.25) is 0 Å². The average molecular weight is 666 g/mol. The third-order valence-electron chi connectivity index (χ3n) is 5.84. The molecule has 3 rings (SSSR count). The van der Waals surface area contributed by atoms with Crippen molar-refractivity contribution in [1.29, 1.82) is 0 Å². The molecule has 2 atom stereocenters. The number of benzene rings is 2. The van der Waals surface area contributed by atoms with Crippen LogP contribution in [-0.2, 0) is 26.0 Å². The van der Waals surface area contributed by atoms with E-state index < -0.39 is 39.8 Å². The number of nitrogens with zero attached hydrogens (tertiary/aromatic N) is 1. The molecule has 0 bridgehead atoms. The number of terminal acetylenes is 1. The molecule has 0 radical (unpaired) electrons. The van der Waals surface area contributed by atoms with Gasteiger partial charge in [-0.2, -0.15) is 16.1 Å². The molecule has 2 amide bonds. The lowest BCUT2D eigenvalue weighted by Crippen LogP contribution is -2.52. The van der Waals surface area contributed by atoms with E-state index >= 15 is 0 Å². The molecule has 11 nitrogen and oxygen atoms in total. The number of hydrogen-bond donors (Lipinski definition) is 3. The molecule has 45 heavy (non-hydrogen) atoms. The highest BCUT2D eigenvalue weighted by molar-refractivity contribution is 7.97. The van der Waals surface area contributed by atoms with Crippen molar-refractivity contribution in [2.75, 3.05) is 38.9 Å². The van der Waals surface area contributed by atoms with E-state index in [0.29, 0.717) is 11.5 Å². The molecule has 0 aromatic heterocycles. The maximum Gasteiger partial charge on any atom is 0.408 e. The van der Waals surface area contributed by atoms with E-state index in [1.54, 1.807) is 32.5 Å². The zero-order valence-corrected chi connectivity index (χ0v) is 28.7. The predicted octanol–water partition coefficient (Wildman–Crippen LogP) is 3.90. The van der Waals surface area contributed by atoms with E-state index in [9.17, 15) is 23.1 Å². The van der Waals surface area contributed by atoms with Gasteiger partial charge in [-0.3, -0.25) is 4.79 Å². The van der Waals surface area contributed by atoms with Gasteiger partial charge in [-0.1, -0.05) is 44.2 Å². The summed E-state index contributed by atoms with van der Waals surface area (Å²) in [6.07, 6.45) is 10.3. The summed E-state index contributed by atoms with van der Waals surface area (Å²) in [5.41, 5.74) is 0.108. The summed E-state index contributed by atoms with van der Waals surface area (Å²) in [7, 11) is -4.03.